The van der Waals surface area contributed by atoms with Crippen molar-refractivity contribution in [3.8, 4) is 0 Å². The molecule has 1 atom stereocenters. The monoisotopic (exact) mass is 362 g/mol. The van der Waals surface area contributed by atoms with E-state index in [4.69, 9.17) is 4.74 Å². The molecule has 0 saturated carbocycles. The molecule has 0 amide bonds. The van der Waals surface area contributed by atoms with Crippen LogP contribution in [0.3, 0.4) is 0 Å². The zero-order valence-corrected chi connectivity index (χ0v) is 14.6. The van der Waals surface area contributed by atoms with Gasteiger partial charge in [0.25, 0.3) is 0 Å². The standard InChI is InChI=1S/C23H19FO3/c24-21-13-11-20(12-14-21)23(26,16-15-18-7-3-1-4-8-18)22(25)27-17-19-9-5-2-6-10-19/h1-16,26H,17H2/b16-15+/t23-/m0/s1. The first-order valence-electron chi connectivity index (χ1n) is 8.52. The average molecular weight is 362 g/mol. The number of hydrogen-bond donors (Lipinski definition) is 1. The van der Waals surface area contributed by atoms with E-state index in [1.165, 1.54) is 30.3 Å². The number of hydrogen-bond acceptors (Lipinski definition) is 3. The van der Waals surface area contributed by atoms with E-state index >= 15 is 0 Å². The summed E-state index contributed by atoms with van der Waals surface area (Å²) in [6.45, 7) is 0.0301. The quantitative estimate of drug-likeness (QED) is 0.658. The molecule has 1 N–H and O–H groups in total. The number of carbonyl (C=O) groups is 1. The van der Waals surface area contributed by atoms with Crippen LogP contribution in [0.2, 0.25) is 0 Å². The molecule has 0 fully saturated rings. The number of aliphatic hydroxyl groups is 1. The zero-order chi connectivity index (χ0) is 19.1. The van der Waals surface area contributed by atoms with Gasteiger partial charge in [-0.15, -0.1) is 0 Å². The van der Waals surface area contributed by atoms with Gasteiger partial charge in [0.05, 0.1) is 0 Å². The molecule has 27 heavy (non-hydrogen) atoms. The second kappa shape index (κ2) is 8.43. The van der Waals surface area contributed by atoms with Gasteiger partial charge in [-0.3, -0.25) is 0 Å². The number of carbonyl (C=O) groups excluding carboxylic acids is 1. The summed E-state index contributed by atoms with van der Waals surface area (Å²) in [6.07, 6.45) is 3.00. The highest BCUT2D eigenvalue weighted by molar-refractivity contribution is 5.85. The maximum absolute atomic E-state index is 13.3. The molecule has 3 aromatic rings. The van der Waals surface area contributed by atoms with Crippen LogP contribution >= 0.6 is 0 Å². The minimum atomic E-state index is -2.03. The van der Waals surface area contributed by atoms with E-state index in [-0.39, 0.29) is 12.2 Å². The first-order valence-corrected chi connectivity index (χ1v) is 8.52. The van der Waals surface area contributed by atoms with E-state index in [1.54, 1.807) is 6.08 Å². The summed E-state index contributed by atoms with van der Waals surface area (Å²) >= 11 is 0. The van der Waals surface area contributed by atoms with Crippen LogP contribution in [0, 0.1) is 5.82 Å². The van der Waals surface area contributed by atoms with Crippen LogP contribution in [0.5, 0.6) is 0 Å². The Morgan fingerprint density at radius 1 is 0.926 bits per heavy atom. The van der Waals surface area contributed by atoms with Crippen LogP contribution in [-0.4, -0.2) is 11.1 Å². The van der Waals surface area contributed by atoms with Crippen molar-refractivity contribution >= 4 is 12.0 Å². The van der Waals surface area contributed by atoms with Crippen molar-refractivity contribution < 1.29 is 19.0 Å². The molecule has 4 heteroatoms. The lowest BCUT2D eigenvalue weighted by atomic mass is 9.92. The van der Waals surface area contributed by atoms with Gasteiger partial charge in [0.1, 0.15) is 12.4 Å². The van der Waals surface area contributed by atoms with E-state index in [1.807, 2.05) is 60.7 Å². The predicted molar refractivity (Wildman–Crippen MR) is 102 cm³/mol. The van der Waals surface area contributed by atoms with Crippen LogP contribution in [0.15, 0.2) is 91.0 Å². The smallest absolute Gasteiger partial charge is 0.347 e. The minimum Gasteiger partial charge on any atom is -0.458 e. The topological polar surface area (TPSA) is 46.5 Å². The molecule has 0 aromatic heterocycles. The Morgan fingerprint density at radius 3 is 2.15 bits per heavy atom. The molecule has 0 spiro atoms. The average Bonchev–Trinajstić information content (AvgIpc) is 2.72. The summed E-state index contributed by atoms with van der Waals surface area (Å²) < 4.78 is 18.6. The van der Waals surface area contributed by atoms with E-state index in [0.29, 0.717) is 0 Å². The Labute approximate surface area is 157 Å². The number of rotatable bonds is 6. The molecular weight excluding hydrogens is 343 g/mol. The third-order valence-corrected chi connectivity index (χ3v) is 4.12. The SMILES string of the molecule is O=C(OCc1ccccc1)[C@](O)(/C=C/c1ccccc1)c1ccc(F)cc1. The summed E-state index contributed by atoms with van der Waals surface area (Å²) in [5.74, 6) is -1.28. The van der Waals surface area contributed by atoms with Crippen LogP contribution in [0.4, 0.5) is 4.39 Å². The highest BCUT2D eigenvalue weighted by atomic mass is 19.1. The molecule has 0 heterocycles. The fourth-order valence-corrected chi connectivity index (χ4v) is 2.60. The molecule has 3 nitrogen and oxygen atoms in total. The maximum atomic E-state index is 13.3. The molecular formula is C23H19FO3. The first-order chi connectivity index (χ1) is 13.1. The molecule has 0 radical (unpaired) electrons. The van der Waals surface area contributed by atoms with E-state index in [9.17, 15) is 14.3 Å². The van der Waals surface area contributed by atoms with E-state index in [0.717, 1.165) is 11.1 Å². The van der Waals surface area contributed by atoms with Gasteiger partial charge in [0, 0.05) is 0 Å². The number of ether oxygens (including phenoxy) is 1. The van der Waals surface area contributed by atoms with E-state index in [2.05, 4.69) is 0 Å². The van der Waals surface area contributed by atoms with Crippen LogP contribution in [0.25, 0.3) is 6.08 Å². The first kappa shape index (κ1) is 18.5. The third-order valence-electron chi connectivity index (χ3n) is 4.12. The molecule has 3 aromatic carbocycles. The van der Waals surface area contributed by atoms with E-state index < -0.39 is 17.4 Å². The summed E-state index contributed by atoms with van der Waals surface area (Å²) in [5, 5.41) is 11.1. The summed E-state index contributed by atoms with van der Waals surface area (Å²) in [4.78, 5) is 12.7. The maximum Gasteiger partial charge on any atom is 0.347 e. The molecule has 0 bridgehead atoms. The van der Waals surface area contributed by atoms with Crippen molar-refractivity contribution in [1.82, 2.24) is 0 Å². The number of halogens is 1. The second-order valence-corrected chi connectivity index (χ2v) is 6.08. The third kappa shape index (κ3) is 4.68. The van der Waals surface area contributed by atoms with Gasteiger partial charge >= 0.3 is 5.97 Å². The Kier molecular flexibility index (Phi) is 5.79. The Bertz CT molecular complexity index is 905. The van der Waals surface area contributed by atoms with Crippen molar-refractivity contribution in [3.63, 3.8) is 0 Å². The summed E-state index contributed by atoms with van der Waals surface area (Å²) in [5.41, 5.74) is -0.180. The van der Waals surface area contributed by atoms with Crippen molar-refractivity contribution in [1.29, 1.82) is 0 Å². The van der Waals surface area contributed by atoms with Crippen molar-refractivity contribution in [2.75, 3.05) is 0 Å². The van der Waals surface area contributed by atoms with Gasteiger partial charge in [-0.25, -0.2) is 9.18 Å². The lowest BCUT2D eigenvalue weighted by molar-refractivity contribution is -0.162. The predicted octanol–water partition coefficient (Wildman–Crippen LogP) is 4.47. The number of esters is 1. The van der Waals surface area contributed by atoms with Crippen LogP contribution in [0.1, 0.15) is 16.7 Å². The van der Waals surface area contributed by atoms with Crippen molar-refractivity contribution in [2.45, 2.75) is 12.2 Å². The minimum absolute atomic E-state index is 0.0301. The molecule has 0 saturated heterocycles. The highest BCUT2D eigenvalue weighted by Gasteiger charge is 2.37. The largest absolute Gasteiger partial charge is 0.458 e. The van der Waals surface area contributed by atoms with Gasteiger partial charge in [-0.1, -0.05) is 78.9 Å². The van der Waals surface area contributed by atoms with Crippen molar-refractivity contribution in [3.05, 3.63) is 114 Å². The van der Waals surface area contributed by atoms with Gasteiger partial charge in [0.15, 0.2) is 0 Å². The van der Waals surface area contributed by atoms with Gasteiger partial charge in [-0.2, -0.15) is 0 Å². The number of benzene rings is 3. The lowest BCUT2D eigenvalue weighted by Gasteiger charge is -2.23. The van der Waals surface area contributed by atoms with Gasteiger partial charge in [-0.05, 0) is 34.9 Å². The second-order valence-electron chi connectivity index (χ2n) is 6.08. The lowest BCUT2D eigenvalue weighted by Crippen LogP contribution is -2.35. The molecule has 3 rings (SSSR count). The Balaban J connectivity index is 1.87. The Hall–Kier alpha value is -3.24. The van der Waals surface area contributed by atoms with Crippen LogP contribution in [-0.2, 0) is 21.7 Å². The highest BCUT2D eigenvalue weighted by Crippen LogP contribution is 2.27. The molecule has 0 aliphatic rings. The van der Waals surface area contributed by atoms with Gasteiger partial charge < -0.3 is 9.84 Å². The molecule has 0 unspecified atom stereocenters. The molecule has 0 aliphatic heterocycles. The van der Waals surface area contributed by atoms with Crippen molar-refractivity contribution in [2.24, 2.45) is 0 Å². The molecule has 136 valence electrons. The fourth-order valence-electron chi connectivity index (χ4n) is 2.60. The normalized spacial score (nSPS) is 13.3. The zero-order valence-electron chi connectivity index (χ0n) is 14.6. The Morgan fingerprint density at radius 2 is 1.52 bits per heavy atom. The fraction of sp³-hybridized carbons (Fsp3) is 0.0870. The van der Waals surface area contributed by atoms with Crippen LogP contribution < -0.4 is 0 Å². The van der Waals surface area contributed by atoms with Gasteiger partial charge in [0.2, 0.25) is 5.60 Å². The summed E-state index contributed by atoms with van der Waals surface area (Å²) in [7, 11) is 0. The molecule has 0 aliphatic carbocycles. The summed E-state index contributed by atoms with van der Waals surface area (Å²) in [6, 6.07) is 23.6.